The van der Waals surface area contributed by atoms with Crippen LogP contribution in [-0.2, 0) is 5.75 Å². The van der Waals surface area contributed by atoms with Gasteiger partial charge in [0.15, 0.2) is 0 Å². The Bertz CT molecular complexity index is 996. The largest absolute Gasteiger partial charge is 0.493 e. The maximum absolute atomic E-state index is 12.1. The van der Waals surface area contributed by atoms with Gasteiger partial charge in [0.05, 0.1) is 12.4 Å². The van der Waals surface area contributed by atoms with Gasteiger partial charge in [-0.05, 0) is 69.9 Å². The Kier molecular flexibility index (Phi) is 11.4. The molecule has 2 amide bonds. The summed E-state index contributed by atoms with van der Waals surface area (Å²) in [5.74, 6) is 3.36. The smallest absolute Gasteiger partial charge is 0.319 e. The fraction of sp³-hybridized carbons (Fsp3) is 0.423. The summed E-state index contributed by atoms with van der Waals surface area (Å²) in [7, 11) is 4.17. The highest BCUT2D eigenvalue weighted by Gasteiger charge is 2.09. The van der Waals surface area contributed by atoms with Gasteiger partial charge in [-0.3, -0.25) is 0 Å². The number of unbranched alkanes of at least 4 members (excludes halogenated alkanes) is 3. The third kappa shape index (κ3) is 10.4. The number of thioether (sulfide) groups is 1. The Hall–Kier alpha value is -3.04. The van der Waals surface area contributed by atoms with Crippen molar-refractivity contribution in [2.24, 2.45) is 0 Å². The maximum atomic E-state index is 12.1. The standard InChI is InChI=1S/C26H35N5O3S/c1-31(2)17-9-4-3-8-16-27-26(32)28-22-14-12-21(13-15-22)25-30-29-24(34-25)20-35-19-18-33-23-10-6-5-7-11-23/h5-7,10-15H,3-4,8-9,16-20H2,1-2H3,(H2,27,28,32). The number of para-hydroxylation sites is 1. The fourth-order valence-electron chi connectivity index (χ4n) is 3.30. The summed E-state index contributed by atoms with van der Waals surface area (Å²) in [6.45, 7) is 2.40. The van der Waals surface area contributed by atoms with Crippen molar-refractivity contribution < 1.29 is 13.9 Å². The zero-order valence-corrected chi connectivity index (χ0v) is 21.4. The molecular formula is C26H35N5O3S. The third-order valence-electron chi connectivity index (χ3n) is 5.14. The van der Waals surface area contributed by atoms with E-state index in [-0.39, 0.29) is 6.03 Å². The van der Waals surface area contributed by atoms with E-state index >= 15 is 0 Å². The molecule has 35 heavy (non-hydrogen) atoms. The fourth-order valence-corrected chi connectivity index (χ4v) is 3.94. The molecule has 1 heterocycles. The van der Waals surface area contributed by atoms with E-state index in [1.165, 1.54) is 12.8 Å². The van der Waals surface area contributed by atoms with Crippen LogP contribution >= 0.6 is 11.8 Å². The molecule has 0 saturated heterocycles. The van der Waals surface area contributed by atoms with E-state index in [1.54, 1.807) is 11.8 Å². The van der Waals surface area contributed by atoms with E-state index in [2.05, 4.69) is 39.8 Å². The number of benzene rings is 2. The summed E-state index contributed by atoms with van der Waals surface area (Å²) >= 11 is 1.68. The van der Waals surface area contributed by atoms with Crippen LogP contribution in [0.1, 0.15) is 31.6 Å². The number of nitrogens with one attached hydrogen (secondary N) is 2. The van der Waals surface area contributed by atoms with Crippen LogP contribution in [0.3, 0.4) is 0 Å². The molecule has 3 aromatic rings. The van der Waals surface area contributed by atoms with Crippen molar-refractivity contribution >= 4 is 23.5 Å². The highest BCUT2D eigenvalue weighted by atomic mass is 32.2. The lowest BCUT2D eigenvalue weighted by Gasteiger charge is -2.09. The Labute approximate surface area is 211 Å². The zero-order chi connectivity index (χ0) is 24.7. The Morgan fingerprint density at radius 2 is 1.77 bits per heavy atom. The van der Waals surface area contributed by atoms with E-state index in [9.17, 15) is 4.79 Å². The van der Waals surface area contributed by atoms with Gasteiger partial charge in [0.2, 0.25) is 11.8 Å². The molecule has 2 N–H and O–H groups in total. The number of amides is 2. The lowest BCUT2D eigenvalue weighted by molar-refractivity contribution is 0.252. The number of hydrogen-bond acceptors (Lipinski definition) is 7. The van der Waals surface area contributed by atoms with Gasteiger partial charge in [0.25, 0.3) is 0 Å². The summed E-state index contributed by atoms with van der Waals surface area (Å²) < 4.78 is 11.5. The van der Waals surface area contributed by atoms with E-state index in [0.717, 1.165) is 36.5 Å². The van der Waals surface area contributed by atoms with Gasteiger partial charge < -0.3 is 24.7 Å². The van der Waals surface area contributed by atoms with Crippen molar-refractivity contribution in [3.05, 3.63) is 60.5 Å². The van der Waals surface area contributed by atoms with Crippen molar-refractivity contribution in [1.82, 2.24) is 20.4 Å². The monoisotopic (exact) mass is 497 g/mol. The Morgan fingerprint density at radius 1 is 1.00 bits per heavy atom. The van der Waals surface area contributed by atoms with Crippen LogP contribution in [0, 0.1) is 0 Å². The first-order valence-electron chi connectivity index (χ1n) is 12.0. The van der Waals surface area contributed by atoms with Gasteiger partial charge in [-0.15, -0.1) is 22.0 Å². The molecule has 9 heteroatoms. The number of hydrogen-bond donors (Lipinski definition) is 2. The summed E-state index contributed by atoms with van der Waals surface area (Å²) in [6.07, 6.45) is 4.48. The summed E-state index contributed by atoms with van der Waals surface area (Å²) in [6, 6.07) is 16.9. The van der Waals surface area contributed by atoms with Crippen molar-refractivity contribution in [1.29, 1.82) is 0 Å². The predicted molar refractivity (Wildman–Crippen MR) is 142 cm³/mol. The second kappa shape index (κ2) is 15.1. The number of urea groups is 1. The first-order chi connectivity index (χ1) is 17.1. The molecule has 0 saturated carbocycles. The number of aromatic nitrogens is 2. The number of ether oxygens (including phenoxy) is 1. The van der Waals surface area contributed by atoms with Crippen LogP contribution in [0.5, 0.6) is 5.75 Å². The maximum Gasteiger partial charge on any atom is 0.319 e. The molecule has 0 aliphatic heterocycles. The molecule has 0 atom stereocenters. The van der Waals surface area contributed by atoms with Crippen molar-refractivity contribution in [3.8, 4) is 17.2 Å². The topological polar surface area (TPSA) is 92.5 Å². The minimum absolute atomic E-state index is 0.195. The van der Waals surface area contributed by atoms with E-state index in [0.29, 0.717) is 36.4 Å². The highest BCUT2D eigenvalue weighted by molar-refractivity contribution is 7.98. The van der Waals surface area contributed by atoms with Crippen LogP contribution in [0.2, 0.25) is 0 Å². The van der Waals surface area contributed by atoms with Crippen molar-refractivity contribution in [2.75, 3.05) is 44.9 Å². The van der Waals surface area contributed by atoms with Crippen LogP contribution < -0.4 is 15.4 Å². The molecule has 0 aliphatic carbocycles. The molecule has 0 spiro atoms. The average molecular weight is 498 g/mol. The minimum atomic E-state index is -0.195. The Morgan fingerprint density at radius 3 is 2.54 bits per heavy atom. The van der Waals surface area contributed by atoms with Gasteiger partial charge in [-0.25, -0.2) is 4.79 Å². The van der Waals surface area contributed by atoms with Crippen LogP contribution in [0.4, 0.5) is 10.5 Å². The highest BCUT2D eigenvalue weighted by Crippen LogP contribution is 2.22. The molecule has 0 unspecified atom stereocenters. The van der Waals surface area contributed by atoms with Crippen molar-refractivity contribution in [3.63, 3.8) is 0 Å². The number of anilines is 1. The van der Waals surface area contributed by atoms with E-state index in [4.69, 9.17) is 9.15 Å². The number of carbonyl (C=O) groups is 1. The summed E-state index contributed by atoms with van der Waals surface area (Å²) in [5, 5.41) is 14.0. The van der Waals surface area contributed by atoms with Gasteiger partial charge in [-0.2, -0.15) is 0 Å². The van der Waals surface area contributed by atoms with Gasteiger partial charge in [0.1, 0.15) is 5.75 Å². The van der Waals surface area contributed by atoms with Crippen LogP contribution in [-0.4, -0.2) is 60.7 Å². The van der Waals surface area contributed by atoms with E-state index < -0.39 is 0 Å². The van der Waals surface area contributed by atoms with Crippen molar-refractivity contribution in [2.45, 2.75) is 31.4 Å². The molecule has 188 valence electrons. The Balaban J connectivity index is 1.31. The second-order valence-corrected chi connectivity index (χ2v) is 9.50. The third-order valence-corrected chi connectivity index (χ3v) is 6.05. The van der Waals surface area contributed by atoms with Gasteiger partial charge in [-0.1, -0.05) is 31.0 Å². The average Bonchev–Trinajstić information content (AvgIpc) is 3.33. The van der Waals surface area contributed by atoms with Gasteiger partial charge >= 0.3 is 6.03 Å². The molecular weight excluding hydrogens is 462 g/mol. The lowest BCUT2D eigenvalue weighted by Crippen LogP contribution is -2.29. The predicted octanol–water partition coefficient (Wildman–Crippen LogP) is 5.29. The molecule has 0 radical (unpaired) electrons. The molecule has 0 bridgehead atoms. The molecule has 1 aromatic heterocycles. The quantitative estimate of drug-likeness (QED) is 0.276. The van der Waals surface area contributed by atoms with Crippen LogP contribution in [0.15, 0.2) is 59.0 Å². The molecule has 8 nitrogen and oxygen atoms in total. The zero-order valence-electron chi connectivity index (χ0n) is 20.5. The first kappa shape index (κ1) is 26.6. The molecule has 0 fully saturated rings. The number of carbonyl (C=O) groups excluding carboxylic acids is 1. The lowest BCUT2D eigenvalue weighted by atomic mass is 10.2. The number of nitrogens with zero attached hydrogens (tertiary/aromatic N) is 3. The summed E-state index contributed by atoms with van der Waals surface area (Å²) in [5.41, 5.74) is 1.52. The van der Waals surface area contributed by atoms with Gasteiger partial charge in [0, 0.05) is 23.5 Å². The first-order valence-corrected chi connectivity index (χ1v) is 13.1. The van der Waals surface area contributed by atoms with E-state index in [1.807, 2.05) is 54.6 Å². The normalized spacial score (nSPS) is 10.9. The molecule has 2 aromatic carbocycles. The second-order valence-electron chi connectivity index (χ2n) is 8.39. The molecule has 3 rings (SSSR count). The summed E-state index contributed by atoms with van der Waals surface area (Å²) in [4.78, 5) is 14.3. The molecule has 0 aliphatic rings. The minimum Gasteiger partial charge on any atom is -0.493 e. The number of rotatable bonds is 15. The SMILES string of the molecule is CN(C)CCCCCCNC(=O)Nc1ccc(-c2nnc(CSCCOc3ccccc3)o2)cc1. The van der Waals surface area contributed by atoms with Crippen LogP contribution in [0.25, 0.3) is 11.5 Å².